The number of carbonyl (C=O) groups excluding carboxylic acids is 1. The molecule has 1 amide bonds. The first-order valence-corrected chi connectivity index (χ1v) is 4.57. The molecule has 0 bridgehead atoms. The zero-order chi connectivity index (χ0) is 10.0. The number of rotatable bonds is 1. The Labute approximate surface area is 88.6 Å². The molecule has 1 aromatic rings. The molecule has 0 spiro atoms. The Balaban J connectivity index is 3.28. The van der Waals surface area contributed by atoms with Gasteiger partial charge in [-0.15, -0.1) is 0 Å². The fourth-order valence-corrected chi connectivity index (χ4v) is 1.52. The van der Waals surface area contributed by atoms with E-state index in [1.807, 2.05) is 0 Å². The molecule has 0 unspecified atom stereocenters. The topological polar surface area (TPSA) is 68.0 Å². The van der Waals surface area contributed by atoms with Gasteiger partial charge in [-0.25, -0.2) is 4.98 Å². The molecule has 0 fully saturated rings. The monoisotopic (exact) mass is 263 g/mol. The van der Waals surface area contributed by atoms with Crippen LogP contribution in [0.25, 0.3) is 0 Å². The van der Waals surface area contributed by atoms with Crippen molar-refractivity contribution in [3.8, 4) is 0 Å². The van der Waals surface area contributed by atoms with Gasteiger partial charge in [-0.2, -0.15) is 0 Å². The van der Waals surface area contributed by atoms with E-state index >= 15 is 0 Å². The molecule has 0 saturated heterocycles. The van der Waals surface area contributed by atoms with Gasteiger partial charge >= 0.3 is 0 Å². The van der Waals surface area contributed by atoms with Gasteiger partial charge in [0.1, 0.15) is 9.76 Å². The lowest BCUT2D eigenvalue weighted by molar-refractivity contribution is 0.0964. The molecule has 0 saturated carbocycles. The van der Waals surface area contributed by atoms with Gasteiger partial charge in [-0.3, -0.25) is 4.79 Å². The molecular weight excluding hydrogens is 257 g/mol. The maximum Gasteiger partial charge on any atom is 0.253 e. The van der Waals surface area contributed by atoms with Crippen molar-refractivity contribution in [2.45, 2.75) is 0 Å². The average Bonchev–Trinajstić information content (AvgIpc) is 2.10. The quantitative estimate of drug-likeness (QED) is 0.754. The van der Waals surface area contributed by atoms with Crippen LogP contribution in [0.2, 0.25) is 5.15 Å². The van der Waals surface area contributed by atoms with Crippen LogP contribution < -0.4 is 11.1 Å². The summed E-state index contributed by atoms with van der Waals surface area (Å²) in [6, 6.07) is 1.42. The van der Waals surface area contributed by atoms with E-state index in [0.29, 0.717) is 10.2 Å². The molecule has 1 rings (SSSR count). The van der Waals surface area contributed by atoms with Crippen LogP contribution in [0.3, 0.4) is 0 Å². The maximum absolute atomic E-state index is 11.2. The van der Waals surface area contributed by atoms with Crippen molar-refractivity contribution >= 4 is 39.1 Å². The molecule has 0 aliphatic carbocycles. The average molecular weight is 265 g/mol. The summed E-state index contributed by atoms with van der Waals surface area (Å²) >= 11 is 8.74. The molecule has 0 atom stereocenters. The number of nitrogen functional groups attached to an aromatic ring is 1. The summed E-state index contributed by atoms with van der Waals surface area (Å²) in [7, 11) is 1.52. The lowest BCUT2D eigenvalue weighted by Crippen LogP contribution is -2.19. The maximum atomic E-state index is 11.2. The molecule has 0 aromatic carbocycles. The Morgan fingerprint density at radius 3 is 2.92 bits per heavy atom. The number of hydrogen-bond acceptors (Lipinski definition) is 3. The summed E-state index contributed by atoms with van der Waals surface area (Å²) < 4.78 is 0.374. The highest BCUT2D eigenvalue weighted by Gasteiger charge is 2.12. The van der Waals surface area contributed by atoms with Crippen LogP contribution in [0.15, 0.2) is 10.7 Å². The first-order valence-electron chi connectivity index (χ1n) is 3.40. The summed E-state index contributed by atoms with van der Waals surface area (Å²) in [4.78, 5) is 15.1. The Hall–Kier alpha value is -0.810. The lowest BCUT2D eigenvalue weighted by atomic mass is 10.2. The van der Waals surface area contributed by atoms with E-state index < -0.39 is 0 Å². The number of anilines is 1. The zero-order valence-electron chi connectivity index (χ0n) is 6.77. The van der Waals surface area contributed by atoms with Gasteiger partial charge in [-0.05, 0) is 22.0 Å². The molecular formula is C7H7BrClN3O. The summed E-state index contributed by atoms with van der Waals surface area (Å²) in [5, 5.41) is 2.67. The first-order chi connectivity index (χ1) is 6.06. The van der Waals surface area contributed by atoms with Gasteiger partial charge in [0.15, 0.2) is 0 Å². The van der Waals surface area contributed by atoms with Crippen LogP contribution >= 0.6 is 27.5 Å². The SMILES string of the molecule is CNC(=O)c1cc(Cl)nc(Br)c1N. The Bertz CT molecular complexity index is 356. The number of nitrogens with two attached hydrogens (primary N) is 1. The fourth-order valence-electron chi connectivity index (χ4n) is 0.817. The van der Waals surface area contributed by atoms with Crippen molar-refractivity contribution in [2.75, 3.05) is 12.8 Å². The van der Waals surface area contributed by atoms with E-state index in [1.54, 1.807) is 0 Å². The fraction of sp³-hybridized carbons (Fsp3) is 0.143. The Morgan fingerprint density at radius 2 is 2.38 bits per heavy atom. The number of hydrogen-bond donors (Lipinski definition) is 2. The largest absolute Gasteiger partial charge is 0.396 e. The van der Waals surface area contributed by atoms with E-state index in [4.69, 9.17) is 17.3 Å². The van der Waals surface area contributed by atoms with E-state index in [9.17, 15) is 4.79 Å². The number of halogens is 2. The van der Waals surface area contributed by atoms with E-state index in [2.05, 4.69) is 26.2 Å². The second kappa shape index (κ2) is 3.93. The molecule has 0 aliphatic heterocycles. The summed E-state index contributed by atoms with van der Waals surface area (Å²) in [6.45, 7) is 0. The number of nitrogens with zero attached hydrogens (tertiary/aromatic N) is 1. The Morgan fingerprint density at radius 1 is 1.77 bits per heavy atom. The third-order valence-electron chi connectivity index (χ3n) is 1.45. The van der Waals surface area contributed by atoms with Crippen LogP contribution in [-0.2, 0) is 0 Å². The van der Waals surface area contributed by atoms with Crippen LogP contribution in [0, 0.1) is 0 Å². The highest BCUT2D eigenvalue weighted by molar-refractivity contribution is 9.10. The second-order valence-electron chi connectivity index (χ2n) is 2.28. The number of aromatic nitrogens is 1. The second-order valence-corrected chi connectivity index (χ2v) is 3.41. The standard InChI is InChI=1S/C7H7BrClN3O/c1-11-7(13)3-2-4(9)12-6(8)5(3)10/h2H,10H2,1H3,(H,11,13). The van der Waals surface area contributed by atoms with Crippen molar-refractivity contribution in [1.82, 2.24) is 10.3 Å². The van der Waals surface area contributed by atoms with Crippen molar-refractivity contribution in [1.29, 1.82) is 0 Å². The molecule has 13 heavy (non-hydrogen) atoms. The predicted molar refractivity (Wildman–Crippen MR) is 54.7 cm³/mol. The van der Waals surface area contributed by atoms with Gasteiger partial charge in [0.2, 0.25) is 0 Å². The van der Waals surface area contributed by atoms with Gasteiger partial charge in [-0.1, -0.05) is 11.6 Å². The van der Waals surface area contributed by atoms with E-state index in [-0.39, 0.29) is 16.7 Å². The van der Waals surface area contributed by atoms with Gasteiger partial charge in [0, 0.05) is 7.05 Å². The highest BCUT2D eigenvalue weighted by Crippen LogP contribution is 2.24. The summed E-state index contributed by atoms with van der Waals surface area (Å²) in [5.74, 6) is -0.289. The molecule has 70 valence electrons. The van der Waals surface area contributed by atoms with Crippen LogP contribution in [-0.4, -0.2) is 17.9 Å². The third kappa shape index (κ3) is 2.10. The van der Waals surface area contributed by atoms with Crippen molar-refractivity contribution in [2.24, 2.45) is 0 Å². The number of nitrogens with one attached hydrogen (secondary N) is 1. The highest BCUT2D eigenvalue weighted by atomic mass is 79.9. The smallest absolute Gasteiger partial charge is 0.253 e. The first kappa shape index (κ1) is 10.3. The van der Waals surface area contributed by atoms with Gasteiger partial charge in [0.25, 0.3) is 5.91 Å². The number of amides is 1. The third-order valence-corrected chi connectivity index (χ3v) is 2.25. The summed E-state index contributed by atoms with van der Waals surface area (Å²) in [6.07, 6.45) is 0. The van der Waals surface area contributed by atoms with Crippen LogP contribution in [0.1, 0.15) is 10.4 Å². The van der Waals surface area contributed by atoms with Crippen molar-refractivity contribution < 1.29 is 4.79 Å². The zero-order valence-corrected chi connectivity index (χ0v) is 9.11. The molecule has 0 radical (unpaired) electrons. The minimum Gasteiger partial charge on any atom is -0.396 e. The van der Waals surface area contributed by atoms with Crippen LogP contribution in [0.4, 0.5) is 5.69 Å². The summed E-state index contributed by atoms with van der Waals surface area (Å²) in [5.41, 5.74) is 6.19. The van der Waals surface area contributed by atoms with Crippen molar-refractivity contribution in [3.63, 3.8) is 0 Å². The normalized spacial score (nSPS) is 9.77. The number of carbonyl (C=O) groups is 1. The minimum atomic E-state index is -0.289. The van der Waals surface area contributed by atoms with Gasteiger partial charge < -0.3 is 11.1 Å². The molecule has 3 N–H and O–H groups in total. The van der Waals surface area contributed by atoms with Crippen LogP contribution in [0.5, 0.6) is 0 Å². The lowest BCUT2D eigenvalue weighted by Gasteiger charge is -2.05. The minimum absolute atomic E-state index is 0.222. The van der Waals surface area contributed by atoms with E-state index in [1.165, 1.54) is 13.1 Å². The van der Waals surface area contributed by atoms with Gasteiger partial charge in [0.05, 0.1) is 11.3 Å². The molecule has 4 nitrogen and oxygen atoms in total. The molecule has 1 aromatic heterocycles. The molecule has 0 aliphatic rings. The predicted octanol–water partition coefficient (Wildman–Crippen LogP) is 1.44. The van der Waals surface area contributed by atoms with Crippen molar-refractivity contribution in [3.05, 3.63) is 21.4 Å². The van der Waals surface area contributed by atoms with E-state index in [0.717, 1.165) is 0 Å². The molecule has 6 heteroatoms. The Kier molecular flexibility index (Phi) is 3.11. The molecule has 1 heterocycles. The number of pyridine rings is 1.